The van der Waals surface area contributed by atoms with E-state index in [-0.39, 0.29) is 53.0 Å². The number of methoxy groups -OCH3 is 1. The molecule has 10 rings (SSSR count). The molecule has 1 N–H and O–H groups in total. The van der Waals surface area contributed by atoms with E-state index in [1.165, 1.54) is 0 Å². The number of pyridine rings is 1. The number of halogens is 3. The minimum atomic E-state index is -0.505. The zero-order valence-corrected chi connectivity index (χ0v) is 31.3. The molecule has 2 aliphatic carbocycles. The van der Waals surface area contributed by atoms with Crippen LogP contribution >= 0.6 is 23.2 Å². The number of nitrogens with one attached hydrogen (secondary N) is 1. The summed E-state index contributed by atoms with van der Waals surface area (Å²) in [4.78, 5) is 21.0. The van der Waals surface area contributed by atoms with E-state index < -0.39 is 5.82 Å². The molecule has 3 aromatic carbocycles. The highest BCUT2D eigenvalue weighted by molar-refractivity contribution is 6.43. The number of aryl methyl sites for hydroxylation is 2. The molecule has 2 bridgehead atoms. The van der Waals surface area contributed by atoms with Gasteiger partial charge in [-0.15, -0.1) is 0 Å². The molecule has 0 spiro atoms. The van der Waals surface area contributed by atoms with Gasteiger partial charge in [-0.1, -0.05) is 35.3 Å². The highest BCUT2D eigenvalue weighted by Crippen LogP contribution is 2.51. The van der Waals surface area contributed by atoms with E-state index in [9.17, 15) is 15.3 Å². The Kier molecular flexibility index (Phi) is 8.69. The van der Waals surface area contributed by atoms with Crippen LogP contribution in [0.1, 0.15) is 66.7 Å². The Morgan fingerprint density at radius 1 is 1.09 bits per heavy atom. The Morgan fingerprint density at radius 3 is 2.63 bits per heavy atom. The molecule has 5 atom stereocenters. The molecule has 5 unspecified atom stereocenters. The van der Waals surface area contributed by atoms with Crippen LogP contribution in [0.5, 0.6) is 11.5 Å². The van der Waals surface area contributed by atoms with Crippen molar-refractivity contribution < 1.29 is 18.7 Å². The summed E-state index contributed by atoms with van der Waals surface area (Å²) in [7, 11) is 1.55. The quantitative estimate of drug-likeness (QED) is 0.160. The molecule has 0 radical (unpaired) electrons. The van der Waals surface area contributed by atoms with Crippen molar-refractivity contribution in [2.24, 2.45) is 11.8 Å². The minimum Gasteiger partial charge on any atom is -0.493 e. The number of nitrogens with zero attached hydrogens (tertiary/aromatic N) is 5. The topological polar surface area (TPSA) is 116 Å². The zero-order valence-electron chi connectivity index (χ0n) is 29.8. The first-order valence-corrected chi connectivity index (χ1v) is 19.2. The molecule has 1 amide bonds. The van der Waals surface area contributed by atoms with Gasteiger partial charge in [-0.05, 0) is 74.4 Å². The fourth-order valence-electron chi connectivity index (χ4n) is 9.08. The van der Waals surface area contributed by atoms with Crippen molar-refractivity contribution in [1.82, 2.24) is 19.8 Å². The Hall–Kier alpha value is -4.87. The molecule has 54 heavy (non-hydrogen) atoms. The Bertz CT molecular complexity index is 2450. The number of rotatable bonds is 9. The summed E-state index contributed by atoms with van der Waals surface area (Å²) in [5.74, 6) is 0.971. The molecule has 2 aromatic heterocycles. The van der Waals surface area contributed by atoms with E-state index in [0.29, 0.717) is 75.2 Å². The Morgan fingerprint density at radius 2 is 1.93 bits per heavy atom. The number of amides is 1. The second kappa shape index (κ2) is 13.5. The lowest BCUT2D eigenvalue weighted by molar-refractivity contribution is -0.133. The first kappa shape index (κ1) is 34.9. The highest BCUT2D eigenvalue weighted by atomic mass is 35.5. The van der Waals surface area contributed by atoms with Gasteiger partial charge in [-0.2, -0.15) is 10.5 Å². The van der Waals surface area contributed by atoms with Crippen LogP contribution in [0.15, 0.2) is 48.5 Å². The maximum atomic E-state index is 17.2. The Labute approximate surface area is 322 Å². The third kappa shape index (κ3) is 5.57. The summed E-state index contributed by atoms with van der Waals surface area (Å²) < 4.78 is 31.8. The van der Waals surface area contributed by atoms with E-state index in [1.807, 2.05) is 17.9 Å². The third-order valence-corrected chi connectivity index (χ3v) is 12.7. The minimum absolute atomic E-state index is 0.00664. The first-order chi connectivity index (χ1) is 26.2. The standard InChI is InChI=1S/C42H37Cl2FN6O3/c1-21-28-17-33(32-16-26(20-50(32)42(52)23-9-10-23)54-34-11-8-22(18-47)13-35(34)53-2)51(40-25-15-31(40)48-19-25)41(28)29-14-24(5-4-12-46)36(38(45)39(29)49-21)27-6-3-7-30(43)37(27)44/h3,6-8,11,13-14,17,23,25-26,31-32,40,48H,4-5,9-10,15-16,19-20H2,1-2H3. The Balaban J connectivity index is 1.24. The summed E-state index contributed by atoms with van der Waals surface area (Å²) in [5, 5.41) is 24.9. The number of nitriles is 2. The van der Waals surface area contributed by atoms with Crippen LogP contribution < -0.4 is 14.8 Å². The number of likely N-dealkylation sites (tertiary alicyclic amines) is 1. The van der Waals surface area contributed by atoms with Crippen LogP contribution in [-0.2, 0) is 11.2 Å². The second-order valence-corrected chi connectivity index (χ2v) is 15.8. The third-order valence-electron chi connectivity index (χ3n) is 11.8. The summed E-state index contributed by atoms with van der Waals surface area (Å²) in [6, 6.07) is 18.8. The van der Waals surface area contributed by atoms with E-state index in [2.05, 4.69) is 28.1 Å². The molecular weight excluding hydrogens is 726 g/mol. The summed E-state index contributed by atoms with van der Waals surface area (Å²) in [6.07, 6.45) is 3.49. The largest absolute Gasteiger partial charge is 0.493 e. The van der Waals surface area contributed by atoms with Gasteiger partial charge < -0.3 is 24.3 Å². The van der Waals surface area contributed by atoms with Gasteiger partial charge in [0, 0.05) is 70.7 Å². The smallest absolute Gasteiger partial charge is 0.226 e. The molecule has 3 aliphatic heterocycles. The normalized spacial score (nSPS) is 23.0. The van der Waals surface area contributed by atoms with Crippen molar-refractivity contribution in [2.75, 3.05) is 20.2 Å². The molecule has 5 aromatic rings. The van der Waals surface area contributed by atoms with E-state index in [4.69, 9.17) is 37.7 Å². The lowest BCUT2D eigenvalue weighted by Crippen LogP contribution is -2.41. The summed E-state index contributed by atoms with van der Waals surface area (Å²) in [6.45, 7) is 3.19. The van der Waals surface area contributed by atoms with Gasteiger partial charge in [-0.25, -0.2) is 9.37 Å². The number of fused-ring (bicyclic) bond motifs is 4. The number of carbonyl (C=O) groups excluding carboxylic acids is 1. The van der Waals surface area contributed by atoms with Crippen molar-refractivity contribution in [1.29, 1.82) is 10.5 Å². The van der Waals surface area contributed by atoms with E-state index >= 15 is 4.39 Å². The number of carbonyl (C=O) groups is 1. The number of aromatic nitrogens is 2. The molecule has 9 nitrogen and oxygen atoms in total. The van der Waals surface area contributed by atoms with Gasteiger partial charge in [0.25, 0.3) is 0 Å². The average molecular weight is 764 g/mol. The molecule has 12 heteroatoms. The SMILES string of the molecule is COc1cc(C#N)ccc1OC1CC(c2cc3c(C)nc4c(F)c(-c5cccc(Cl)c5Cl)c(CCC#N)cc4c3n2C2C3CNC2C3)N(C(=O)C2CC2)C1. The average Bonchev–Trinajstić information content (AvgIpc) is 3.45. The lowest BCUT2D eigenvalue weighted by Gasteiger charge is -2.39. The van der Waals surface area contributed by atoms with Crippen molar-refractivity contribution in [3.8, 4) is 34.8 Å². The predicted molar refractivity (Wildman–Crippen MR) is 204 cm³/mol. The van der Waals surface area contributed by atoms with Crippen LogP contribution in [0.25, 0.3) is 32.9 Å². The monoisotopic (exact) mass is 762 g/mol. The molecule has 5 heterocycles. The summed E-state index contributed by atoms with van der Waals surface area (Å²) in [5.41, 5.74) is 4.65. The predicted octanol–water partition coefficient (Wildman–Crippen LogP) is 8.61. The van der Waals surface area contributed by atoms with Gasteiger partial charge >= 0.3 is 0 Å². The molecule has 274 valence electrons. The van der Waals surface area contributed by atoms with Gasteiger partial charge in [0.2, 0.25) is 5.91 Å². The van der Waals surface area contributed by atoms with Crippen LogP contribution in [0.4, 0.5) is 4.39 Å². The molecule has 2 saturated carbocycles. The first-order valence-electron chi connectivity index (χ1n) is 18.5. The van der Waals surface area contributed by atoms with Crippen LogP contribution in [0.3, 0.4) is 0 Å². The number of hydrogen-bond acceptors (Lipinski definition) is 7. The number of ether oxygens (including phenoxy) is 2. The highest BCUT2D eigenvalue weighted by Gasteiger charge is 2.51. The van der Waals surface area contributed by atoms with Crippen molar-refractivity contribution in [3.63, 3.8) is 0 Å². The maximum absolute atomic E-state index is 17.2. The van der Waals surface area contributed by atoms with Crippen molar-refractivity contribution >= 4 is 50.9 Å². The fraction of sp³-hybridized carbons (Fsp3) is 0.381. The number of benzene rings is 3. The van der Waals surface area contributed by atoms with E-state index in [1.54, 1.807) is 43.5 Å². The second-order valence-electron chi connectivity index (χ2n) is 15.0. The van der Waals surface area contributed by atoms with Crippen LogP contribution in [0, 0.1) is 47.2 Å². The number of hydrogen-bond donors (Lipinski definition) is 1. The van der Waals surface area contributed by atoms with Crippen LogP contribution in [-0.4, -0.2) is 52.7 Å². The van der Waals surface area contributed by atoms with E-state index in [0.717, 1.165) is 42.4 Å². The van der Waals surface area contributed by atoms with Gasteiger partial charge in [0.15, 0.2) is 17.3 Å². The van der Waals surface area contributed by atoms with Gasteiger partial charge in [-0.3, -0.25) is 4.79 Å². The maximum Gasteiger partial charge on any atom is 0.226 e. The van der Waals surface area contributed by atoms with Gasteiger partial charge in [0.05, 0.1) is 59.0 Å². The molecule has 5 fully saturated rings. The molecule has 5 aliphatic rings. The zero-order chi connectivity index (χ0) is 37.4. The van der Waals surface area contributed by atoms with Crippen molar-refractivity contribution in [3.05, 3.63) is 86.9 Å². The van der Waals surface area contributed by atoms with Crippen LogP contribution in [0.2, 0.25) is 10.0 Å². The van der Waals surface area contributed by atoms with Gasteiger partial charge in [0.1, 0.15) is 11.6 Å². The summed E-state index contributed by atoms with van der Waals surface area (Å²) >= 11 is 13.1. The van der Waals surface area contributed by atoms with Crippen molar-refractivity contribution in [2.45, 2.75) is 69.7 Å². The lowest BCUT2D eigenvalue weighted by atomic mass is 9.79. The molecular formula is C42H37Cl2FN6O3. The molecule has 3 saturated heterocycles. The fourth-order valence-corrected chi connectivity index (χ4v) is 9.48.